The second kappa shape index (κ2) is 7.45. The molecule has 0 bridgehead atoms. The van der Waals surface area contributed by atoms with E-state index < -0.39 is 30.1 Å². The summed E-state index contributed by atoms with van der Waals surface area (Å²) in [6.45, 7) is 1.57. The molecular formula is C15H21N5O6S3. The molecule has 1 aromatic carbocycles. The third-order valence-corrected chi connectivity index (χ3v) is 9.29. The molecule has 2 heterocycles. The quantitative estimate of drug-likeness (QED) is 0.601. The van der Waals surface area contributed by atoms with Gasteiger partial charge in [0.1, 0.15) is 5.82 Å². The van der Waals surface area contributed by atoms with E-state index in [-0.39, 0.29) is 41.0 Å². The van der Waals surface area contributed by atoms with Crippen molar-refractivity contribution >= 4 is 30.1 Å². The number of nitrogens with two attached hydrogens (primary N) is 1. The zero-order chi connectivity index (χ0) is 21.6. The molecule has 1 aromatic heterocycles. The zero-order valence-corrected chi connectivity index (χ0v) is 18.2. The van der Waals surface area contributed by atoms with Crippen LogP contribution in [0.15, 0.2) is 45.3 Å². The number of piperazine rings is 1. The molecule has 0 aliphatic carbocycles. The molecule has 0 spiro atoms. The van der Waals surface area contributed by atoms with Crippen LogP contribution in [0, 0.1) is 6.92 Å². The van der Waals surface area contributed by atoms with Crippen molar-refractivity contribution < 1.29 is 25.3 Å². The number of imidazole rings is 1. The Labute approximate surface area is 169 Å². The minimum atomic E-state index is -3.93. The molecule has 2 aromatic rings. The fourth-order valence-electron chi connectivity index (χ4n) is 2.88. The van der Waals surface area contributed by atoms with Gasteiger partial charge in [-0.15, -0.1) is 0 Å². The Morgan fingerprint density at radius 3 is 1.69 bits per heavy atom. The van der Waals surface area contributed by atoms with Gasteiger partial charge in [-0.1, -0.05) is 0 Å². The summed E-state index contributed by atoms with van der Waals surface area (Å²) in [5.41, 5.74) is 0. The van der Waals surface area contributed by atoms with E-state index in [1.807, 2.05) is 0 Å². The van der Waals surface area contributed by atoms with Gasteiger partial charge < -0.3 is 4.57 Å². The number of primary sulfonamides is 1. The highest BCUT2D eigenvalue weighted by Crippen LogP contribution is 2.22. The lowest BCUT2D eigenvalue weighted by Gasteiger charge is -2.32. The normalized spacial score (nSPS) is 17.5. The summed E-state index contributed by atoms with van der Waals surface area (Å²) in [5, 5.41) is 4.94. The molecule has 3 rings (SSSR count). The lowest BCUT2D eigenvalue weighted by atomic mass is 10.4. The molecule has 0 unspecified atom stereocenters. The smallest absolute Gasteiger partial charge is 0.262 e. The summed E-state index contributed by atoms with van der Waals surface area (Å²) in [6, 6.07) is 4.56. The van der Waals surface area contributed by atoms with E-state index in [0.29, 0.717) is 5.82 Å². The first-order valence-electron chi connectivity index (χ1n) is 8.46. The summed E-state index contributed by atoms with van der Waals surface area (Å²) < 4.78 is 77.6. The fourth-order valence-corrected chi connectivity index (χ4v) is 6.27. The Bertz CT molecular complexity index is 1210. The van der Waals surface area contributed by atoms with Crippen LogP contribution in [-0.2, 0) is 37.1 Å². The molecule has 1 saturated heterocycles. The number of hydrogen-bond donors (Lipinski definition) is 1. The molecule has 0 radical (unpaired) electrons. The van der Waals surface area contributed by atoms with Crippen molar-refractivity contribution in [3.63, 3.8) is 0 Å². The number of aryl methyl sites for hydroxylation is 2. The van der Waals surface area contributed by atoms with Gasteiger partial charge in [0.05, 0.1) is 9.79 Å². The highest BCUT2D eigenvalue weighted by Gasteiger charge is 2.35. The van der Waals surface area contributed by atoms with Gasteiger partial charge in [0.2, 0.25) is 20.0 Å². The first-order chi connectivity index (χ1) is 13.3. The number of rotatable bonds is 5. The van der Waals surface area contributed by atoms with Crippen molar-refractivity contribution in [3.05, 3.63) is 36.3 Å². The summed E-state index contributed by atoms with van der Waals surface area (Å²) in [4.78, 5) is 3.75. The molecular weight excluding hydrogens is 442 g/mol. The topological polar surface area (TPSA) is 153 Å². The zero-order valence-electron chi connectivity index (χ0n) is 15.8. The molecule has 1 aliphatic rings. The Hall–Kier alpha value is -1.84. The molecule has 11 nitrogen and oxygen atoms in total. The van der Waals surface area contributed by atoms with Crippen LogP contribution in [0.1, 0.15) is 5.82 Å². The number of benzene rings is 1. The van der Waals surface area contributed by atoms with Gasteiger partial charge in [-0.05, 0) is 31.2 Å². The summed E-state index contributed by atoms with van der Waals surface area (Å²) in [7, 11) is -9.97. The van der Waals surface area contributed by atoms with Crippen molar-refractivity contribution in [1.29, 1.82) is 0 Å². The third kappa shape index (κ3) is 4.22. The number of hydrogen-bond acceptors (Lipinski definition) is 7. The van der Waals surface area contributed by atoms with E-state index >= 15 is 0 Å². The second-order valence-electron chi connectivity index (χ2n) is 6.56. The van der Waals surface area contributed by atoms with Crippen molar-refractivity contribution in [2.24, 2.45) is 12.2 Å². The molecule has 160 valence electrons. The average molecular weight is 464 g/mol. The highest BCUT2D eigenvalue weighted by molar-refractivity contribution is 7.90. The average Bonchev–Trinajstić information content (AvgIpc) is 3.01. The highest BCUT2D eigenvalue weighted by atomic mass is 32.2. The molecule has 14 heteroatoms. The third-order valence-electron chi connectivity index (χ3n) is 4.68. The van der Waals surface area contributed by atoms with Gasteiger partial charge in [-0.3, -0.25) is 0 Å². The van der Waals surface area contributed by atoms with Crippen LogP contribution >= 0.6 is 0 Å². The minimum Gasteiger partial charge on any atom is -0.337 e. The molecule has 29 heavy (non-hydrogen) atoms. The minimum absolute atomic E-state index is 0.0214. The van der Waals surface area contributed by atoms with Gasteiger partial charge in [-0.25, -0.2) is 35.4 Å². The standard InChI is InChI=1S/C15H21N5O6S3/c1-12-17-15(11-18(12)2)29(25,26)20-9-7-19(8-10-20)28(23,24)14-5-3-13(4-6-14)27(16,21)22/h3-6,11H,7-10H2,1-2H3,(H2,16,21,22). The first-order valence-corrected chi connectivity index (χ1v) is 12.9. The lowest BCUT2D eigenvalue weighted by Crippen LogP contribution is -2.50. The maximum absolute atomic E-state index is 12.8. The second-order valence-corrected chi connectivity index (χ2v) is 11.9. The van der Waals surface area contributed by atoms with E-state index in [1.54, 1.807) is 18.5 Å². The summed E-state index contributed by atoms with van der Waals surface area (Å²) >= 11 is 0. The number of sulfonamides is 3. The molecule has 0 atom stereocenters. The monoisotopic (exact) mass is 463 g/mol. The first kappa shape index (κ1) is 21.9. The maximum atomic E-state index is 12.8. The number of aromatic nitrogens is 2. The van der Waals surface area contributed by atoms with Crippen molar-refractivity contribution in [2.45, 2.75) is 21.7 Å². The van der Waals surface area contributed by atoms with E-state index in [9.17, 15) is 25.3 Å². The van der Waals surface area contributed by atoms with E-state index in [1.165, 1.54) is 10.5 Å². The molecule has 0 amide bonds. The molecule has 1 fully saturated rings. The van der Waals surface area contributed by atoms with Crippen molar-refractivity contribution in [1.82, 2.24) is 18.2 Å². The van der Waals surface area contributed by atoms with Crippen molar-refractivity contribution in [2.75, 3.05) is 26.2 Å². The van der Waals surface area contributed by atoms with Crippen LogP contribution in [0.3, 0.4) is 0 Å². The Morgan fingerprint density at radius 1 is 0.828 bits per heavy atom. The molecule has 2 N–H and O–H groups in total. The molecule has 1 aliphatic heterocycles. The SMILES string of the molecule is Cc1nc(S(=O)(=O)N2CCN(S(=O)(=O)c3ccc(S(N)(=O)=O)cc3)CC2)cn1C. The summed E-state index contributed by atoms with van der Waals surface area (Å²) in [6.07, 6.45) is 1.42. The van der Waals surface area contributed by atoms with Gasteiger partial charge in [0, 0.05) is 39.4 Å². The Kier molecular flexibility index (Phi) is 5.61. The van der Waals surface area contributed by atoms with Gasteiger partial charge in [0.25, 0.3) is 10.0 Å². The fraction of sp³-hybridized carbons (Fsp3) is 0.400. The van der Waals surface area contributed by atoms with Crippen molar-refractivity contribution in [3.8, 4) is 0 Å². The predicted molar refractivity (Wildman–Crippen MR) is 103 cm³/mol. The van der Waals surface area contributed by atoms with E-state index in [4.69, 9.17) is 5.14 Å². The van der Waals surface area contributed by atoms with Crippen LogP contribution in [0.5, 0.6) is 0 Å². The van der Waals surface area contributed by atoms with Crippen LogP contribution in [0.4, 0.5) is 0 Å². The largest absolute Gasteiger partial charge is 0.337 e. The number of nitrogens with zero attached hydrogens (tertiary/aromatic N) is 4. The lowest BCUT2D eigenvalue weighted by molar-refractivity contribution is 0.272. The van der Waals surface area contributed by atoms with Crippen LogP contribution in [0.25, 0.3) is 0 Å². The predicted octanol–water partition coefficient (Wildman–Crippen LogP) is -0.929. The Morgan fingerprint density at radius 2 is 1.28 bits per heavy atom. The summed E-state index contributed by atoms with van der Waals surface area (Å²) in [5.74, 6) is 0.549. The van der Waals surface area contributed by atoms with Gasteiger partial charge in [0.15, 0.2) is 5.03 Å². The van der Waals surface area contributed by atoms with Crippen LogP contribution in [0.2, 0.25) is 0 Å². The van der Waals surface area contributed by atoms with Crippen LogP contribution < -0.4 is 5.14 Å². The Balaban J connectivity index is 1.76. The maximum Gasteiger partial charge on any atom is 0.262 e. The van der Waals surface area contributed by atoms with Gasteiger partial charge in [-0.2, -0.15) is 8.61 Å². The molecule has 0 saturated carbocycles. The van der Waals surface area contributed by atoms with E-state index in [2.05, 4.69) is 4.98 Å². The van der Waals surface area contributed by atoms with E-state index in [0.717, 1.165) is 28.6 Å². The van der Waals surface area contributed by atoms with Gasteiger partial charge >= 0.3 is 0 Å². The van der Waals surface area contributed by atoms with Crippen LogP contribution in [-0.4, -0.2) is 69.6 Å².